The van der Waals surface area contributed by atoms with Gasteiger partial charge in [0.2, 0.25) is 5.88 Å². The van der Waals surface area contributed by atoms with Gasteiger partial charge >= 0.3 is 0 Å². The molecule has 2 heterocycles. The van der Waals surface area contributed by atoms with Crippen LogP contribution in [0.1, 0.15) is 54.4 Å². The van der Waals surface area contributed by atoms with Crippen LogP contribution in [0.25, 0.3) is 0 Å². The van der Waals surface area contributed by atoms with E-state index >= 15 is 0 Å². The molecule has 8 heteroatoms. The molecule has 1 aliphatic carbocycles. The average molecular weight is 347 g/mol. The third-order valence-electron chi connectivity index (χ3n) is 4.09. The van der Waals surface area contributed by atoms with Crippen molar-refractivity contribution in [2.75, 3.05) is 0 Å². The summed E-state index contributed by atoms with van der Waals surface area (Å²) < 4.78 is 9.74. The Balaban J connectivity index is 1.48. The lowest BCUT2D eigenvalue weighted by Gasteiger charge is -2.29. The number of aromatic nitrogens is 4. The maximum Gasteiger partial charge on any atom is 0.265 e. The molecule has 0 bridgehead atoms. The summed E-state index contributed by atoms with van der Waals surface area (Å²) >= 11 is 1.18. The number of amides is 1. The Bertz CT molecular complexity index is 655. The zero-order valence-corrected chi connectivity index (χ0v) is 14.5. The van der Waals surface area contributed by atoms with E-state index in [0.717, 1.165) is 44.2 Å². The molecule has 0 aliphatic heterocycles. The first-order chi connectivity index (χ1) is 11.8. The Morgan fingerprint density at radius 1 is 1.33 bits per heavy atom. The third-order valence-corrected chi connectivity index (χ3v) is 4.85. The van der Waals surface area contributed by atoms with Gasteiger partial charge in [0, 0.05) is 18.4 Å². The molecular weight excluding hydrogens is 326 g/mol. The number of rotatable bonds is 6. The molecule has 1 fully saturated rings. The fourth-order valence-electron chi connectivity index (χ4n) is 2.87. The second-order valence-corrected chi connectivity index (χ2v) is 6.66. The summed E-state index contributed by atoms with van der Waals surface area (Å²) in [6, 6.07) is 0.177. The number of hydrogen-bond donors (Lipinski definition) is 1. The van der Waals surface area contributed by atoms with Crippen LogP contribution < -0.4 is 10.1 Å². The monoisotopic (exact) mass is 347 g/mol. The van der Waals surface area contributed by atoms with Crippen LogP contribution in [0, 0.1) is 0 Å². The second kappa shape index (κ2) is 8.14. The first-order valence-electron chi connectivity index (χ1n) is 8.31. The first-order valence-corrected chi connectivity index (χ1v) is 9.08. The van der Waals surface area contributed by atoms with E-state index in [4.69, 9.17) is 4.74 Å². The number of hydrogen-bond acceptors (Lipinski definition) is 7. The van der Waals surface area contributed by atoms with Gasteiger partial charge in [0.15, 0.2) is 0 Å². The number of ether oxygens (including phenoxy) is 1. The summed E-state index contributed by atoms with van der Waals surface area (Å²) in [4.78, 5) is 21.2. The highest BCUT2D eigenvalue weighted by Gasteiger charge is 2.25. The third kappa shape index (κ3) is 4.25. The van der Waals surface area contributed by atoms with Gasteiger partial charge in [-0.05, 0) is 43.6 Å². The minimum absolute atomic E-state index is 0.0493. The van der Waals surface area contributed by atoms with Crippen LogP contribution in [-0.4, -0.2) is 37.6 Å². The zero-order valence-electron chi connectivity index (χ0n) is 13.6. The molecule has 0 saturated heterocycles. The molecule has 128 valence electrons. The average Bonchev–Trinajstić information content (AvgIpc) is 3.06. The van der Waals surface area contributed by atoms with Crippen LogP contribution in [0.3, 0.4) is 0 Å². The maximum absolute atomic E-state index is 12.4. The van der Waals surface area contributed by atoms with Gasteiger partial charge in [-0.1, -0.05) is 17.8 Å². The normalized spacial score (nSPS) is 20.5. The van der Waals surface area contributed by atoms with Crippen LogP contribution in [-0.2, 0) is 6.42 Å². The van der Waals surface area contributed by atoms with Crippen molar-refractivity contribution in [1.82, 2.24) is 24.9 Å². The molecule has 0 atom stereocenters. The van der Waals surface area contributed by atoms with Crippen molar-refractivity contribution in [2.24, 2.45) is 0 Å². The summed E-state index contributed by atoms with van der Waals surface area (Å²) in [6.07, 6.45) is 10.3. The SMILES string of the molecule is CCCc1nnsc1C(=O)NC1CCC(Oc2cnccn2)CC1. The predicted molar refractivity (Wildman–Crippen MR) is 90.1 cm³/mol. The quantitative estimate of drug-likeness (QED) is 0.863. The fraction of sp³-hybridized carbons (Fsp3) is 0.562. The van der Waals surface area contributed by atoms with Gasteiger partial charge < -0.3 is 10.1 Å². The summed E-state index contributed by atoms with van der Waals surface area (Å²) in [7, 11) is 0. The number of carbonyl (C=O) groups excluding carboxylic acids is 1. The molecule has 2 aromatic heterocycles. The summed E-state index contributed by atoms with van der Waals surface area (Å²) in [5.41, 5.74) is 0.805. The van der Waals surface area contributed by atoms with E-state index in [1.165, 1.54) is 11.5 Å². The van der Waals surface area contributed by atoms with Crippen molar-refractivity contribution in [3.05, 3.63) is 29.2 Å². The molecular formula is C16H21N5O2S. The zero-order chi connectivity index (χ0) is 16.8. The molecule has 1 saturated carbocycles. The minimum atomic E-state index is -0.0493. The van der Waals surface area contributed by atoms with Gasteiger partial charge in [-0.25, -0.2) is 4.98 Å². The molecule has 2 aromatic rings. The van der Waals surface area contributed by atoms with Crippen molar-refractivity contribution in [1.29, 1.82) is 0 Å². The molecule has 1 aliphatic rings. The number of aryl methyl sites for hydroxylation is 1. The lowest BCUT2D eigenvalue weighted by Crippen LogP contribution is -2.39. The molecule has 3 rings (SSSR count). The molecule has 24 heavy (non-hydrogen) atoms. The topological polar surface area (TPSA) is 89.9 Å². The van der Waals surface area contributed by atoms with Gasteiger partial charge in [-0.2, -0.15) is 0 Å². The molecule has 1 N–H and O–H groups in total. The lowest BCUT2D eigenvalue weighted by molar-refractivity contribution is 0.0892. The first kappa shape index (κ1) is 16.8. The van der Waals surface area contributed by atoms with E-state index in [-0.39, 0.29) is 18.1 Å². The fourth-order valence-corrected chi connectivity index (χ4v) is 3.49. The largest absolute Gasteiger partial charge is 0.473 e. The molecule has 0 aromatic carbocycles. The number of nitrogens with zero attached hydrogens (tertiary/aromatic N) is 4. The van der Waals surface area contributed by atoms with Crippen molar-refractivity contribution >= 4 is 17.4 Å². The molecule has 7 nitrogen and oxygen atoms in total. The van der Waals surface area contributed by atoms with Crippen molar-refractivity contribution in [3.8, 4) is 5.88 Å². The molecule has 0 spiro atoms. The Kier molecular flexibility index (Phi) is 5.68. The van der Waals surface area contributed by atoms with E-state index in [1.807, 2.05) is 0 Å². The van der Waals surface area contributed by atoms with E-state index in [0.29, 0.717) is 10.8 Å². The van der Waals surface area contributed by atoms with Gasteiger partial charge in [0.25, 0.3) is 5.91 Å². The van der Waals surface area contributed by atoms with Crippen molar-refractivity contribution in [2.45, 2.75) is 57.6 Å². The Morgan fingerprint density at radius 3 is 2.88 bits per heavy atom. The van der Waals surface area contributed by atoms with E-state index in [1.54, 1.807) is 18.6 Å². The van der Waals surface area contributed by atoms with E-state index in [9.17, 15) is 4.79 Å². The van der Waals surface area contributed by atoms with Gasteiger partial charge in [-0.3, -0.25) is 9.78 Å². The van der Waals surface area contributed by atoms with Crippen LogP contribution in [0.4, 0.5) is 0 Å². The van der Waals surface area contributed by atoms with Crippen LogP contribution >= 0.6 is 11.5 Å². The summed E-state index contributed by atoms with van der Waals surface area (Å²) in [6.45, 7) is 2.07. The highest BCUT2D eigenvalue weighted by Crippen LogP contribution is 2.23. The van der Waals surface area contributed by atoms with Gasteiger partial charge in [0.1, 0.15) is 11.0 Å². The summed E-state index contributed by atoms with van der Waals surface area (Å²) in [5.74, 6) is 0.511. The van der Waals surface area contributed by atoms with Crippen molar-refractivity contribution < 1.29 is 9.53 Å². The summed E-state index contributed by atoms with van der Waals surface area (Å²) in [5, 5.41) is 7.17. The molecule has 0 unspecified atom stereocenters. The van der Waals surface area contributed by atoms with Gasteiger partial charge in [0.05, 0.1) is 11.9 Å². The lowest BCUT2D eigenvalue weighted by atomic mass is 9.93. The Morgan fingerprint density at radius 2 is 2.17 bits per heavy atom. The second-order valence-electron chi connectivity index (χ2n) is 5.91. The minimum Gasteiger partial charge on any atom is -0.473 e. The van der Waals surface area contributed by atoms with Crippen LogP contribution in [0.2, 0.25) is 0 Å². The van der Waals surface area contributed by atoms with Gasteiger partial charge in [-0.15, -0.1) is 5.10 Å². The van der Waals surface area contributed by atoms with Crippen LogP contribution in [0.15, 0.2) is 18.6 Å². The van der Waals surface area contributed by atoms with Crippen LogP contribution in [0.5, 0.6) is 5.88 Å². The highest BCUT2D eigenvalue weighted by atomic mass is 32.1. The predicted octanol–water partition coefficient (Wildman–Crippen LogP) is 2.40. The van der Waals surface area contributed by atoms with E-state index < -0.39 is 0 Å². The Hall–Kier alpha value is -2.09. The van der Waals surface area contributed by atoms with Crippen molar-refractivity contribution in [3.63, 3.8) is 0 Å². The standard InChI is InChI=1S/C16H21N5O2S/c1-2-3-13-15(24-21-20-13)16(22)19-11-4-6-12(7-5-11)23-14-10-17-8-9-18-14/h8-12H,2-7H2,1H3,(H,19,22). The molecule has 1 amide bonds. The highest BCUT2D eigenvalue weighted by molar-refractivity contribution is 7.08. The molecule has 0 radical (unpaired) electrons. The number of carbonyl (C=O) groups is 1. The Labute approximate surface area is 145 Å². The number of nitrogens with one attached hydrogen (secondary N) is 1. The van der Waals surface area contributed by atoms with E-state index in [2.05, 4.69) is 31.8 Å². The maximum atomic E-state index is 12.4. The smallest absolute Gasteiger partial charge is 0.265 e.